The first-order chi connectivity index (χ1) is 7.45. The molecule has 0 saturated carbocycles. The molecule has 1 rings (SSSR count). The molecule has 0 fully saturated rings. The number of ketones is 1. The zero-order chi connectivity index (χ0) is 12.3. The van der Waals surface area contributed by atoms with Gasteiger partial charge in [0.25, 0.3) is 0 Å². The minimum Gasteiger partial charge on any atom is -0.504 e. The van der Waals surface area contributed by atoms with Gasteiger partial charge in [-0.15, -0.1) is 0 Å². The van der Waals surface area contributed by atoms with E-state index in [4.69, 9.17) is 5.73 Å². The van der Waals surface area contributed by atoms with Crippen LogP contribution in [0.1, 0.15) is 13.3 Å². The van der Waals surface area contributed by atoms with Gasteiger partial charge < -0.3 is 21.3 Å². The smallest absolute Gasteiger partial charge is 0.176 e. The minimum absolute atomic E-state index is 0.158. The maximum atomic E-state index is 11.0. The van der Waals surface area contributed by atoms with Crippen LogP contribution in [0.2, 0.25) is 0 Å². The van der Waals surface area contributed by atoms with Crippen LogP contribution >= 0.6 is 0 Å². The summed E-state index contributed by atoms with van der Waals surface area (Å²) in [7, 11) is 1.65. The van der Waals surface area contributed by atoms with Crippen LogP contribution in [0.3, 0.4) is 0 Å². The van der Waals surface area contributed by atoms with Crippen molar-refractivity contribution in [3.05, 3.63) is 35.1 Å². The quantitative estimate of drug-likeness (QED) is 0.533. The van der Waals surface area contributed by atoms with E-state index >= 15 is 0 Å². The summed E-state index contributed by atoms with van der Waals surface area (Å²) in [5, 5.41) is 21.7. The van der Waals surface area contributed by atoms with Crippen molar-refractivity contribution in [1.82, 2.24) is 5.32 Å². The molecule has 0 spiro atoms. The topological polar surface area (TPSA) is 95.6 Å². The highest BCUT2D eigenvalue weighted by atomic mass is 16.3. The molecule has 5 nitrogen and oxygen atoms in total. The molecule has 1 aliphatic carbocycles. The van der Waals surface area contributed by atoms with E-state index < -0.39 is 0 Å². The Morgan fingerprint density at radius 2 is 2.25 bits per heavy atom. The molecule has 1 unspecified atom stereocenters. The van der Waals surface area contributed by atoms with Crippen LogP contribution in [-0.4, -0.2) is 23.0 Å². The van der Waals surface area contributed by atoms with Gasteiger partial charge in [-0.2, -0.15) is 0 Å². The van der Waals surface area contributed by atoms with Crippen molar-refractivity contribution in [2.45, 2.75) is 13.3 Å². The lowest BCUT2D eigenvalue weighted by atomic mass is 9.94. The van der Waals surface area contributed by atoms with Crippen LogP contribution in [0.15, 0.2) is 35.1 Å². The van der Waals surface area contributed by atoms with E-state index in [9.17, 15) is 15.0 Å². The van der Waals surface area contributed by atoms with Gasteiger partial charge in [-0.3, -0.25) is 4.79 Å². The Kier molecular flexibility index (Phi) is 3.60. The van der Waals surface area contributed by atoms with E-state index in [0.29, 0.717) is 12.1 Å². The summed E-state index contributed by atoms with van der Waals surface area (Å²) < 4.78 is 0. The average molecular weight is 224 g/mol. The number of hydrogen-bond donors (Lipinski definition) is 4. The van der Waals surface area contributed by atoms with Gasteiger partial charge in [0, 0.05) is 26.3 Å². The van der Waals surface area contributed by atoms with E-state index in [1.54, 1.807) is 13.1 Å². The normalized spacial score (nSPS) is 21.8. The summed E-state index contributed by atoms with van der Waals surface area (Å²) in [6.45, 7) is 1.38. The van der Waals surface area contributed by atoms with Crippen molar-refractivity contribution < 1.29 is 15.0 Å². The third-order valence-corrected chi connectivity index (χ3v) is 2.44. The van der Waals surface area contributed by atoms with E-state index in [0.717, 1.165) is 0 Å². The predicted molar refractivity (Wildman–Crippen MR) is 60.5 cm³/mol. The van der Waals surface area contributed by atoms with Crippen molar-refractivity contribution in [3.63, 3.8) is 0 Å². The number of nitrogens with two attached hydrogens (primary N) is 1. The second-order valence-corrected chi connectivity index (χ2v) is 3.68. The lowest BCUT2D eigenvalue weighted by Crippen LogP contribution is -2.19. The van der Waals surface area contributed by atoms with E-state index in [1.807, 2.05) is 0 Å². The molecule has 0 bridgehead atoms. The second-order valence-electron chi connectivity index (χ2n) is 3.68. The number of aliphatic hydroxyl groups is 2. The van der Waals surface area contributed by atoms with Gasteiger partial charge in [0.05, 0.1) is 11.4 Å². The van der Waals surface area contributed by atoms with Gasteiger partial charge in [0.1, 0.15) is 0 Å². The number of Topliss-reactive ketones (excluding diaryl/α,β-unsaturated/α-hetero) is 1. The SMILES string of the molecule is CNC1=C(O)C(O)=CC(/C=C(\N)C(C)=O)C1. The summed E-state index contributed by atoms with van der Waals surface area (Å²) >= 11 is 0. The van der Waals surface area contributed by atoms with Crippen LogP contribution in [-0.2, 0) is 4.79 Å². The van der Waals surface area contributed by atoms with Gasteiger partial charge in [0.15, 0.2) is 17.3 Å². The Morgan fingerprint density at radius 1 is 1.62 bits per heavy atom. The summed E-state index contributed by atoms with van der Waals surface area (Å²) in [5.74, 6) is -0.762. The summed E-state index contributed by atoms with van der Waals surface area (Å²) in [4.78, 5) is 11.0. The first-order valence-electron chi connectivity index (χ1n) is 4.95. The molecule has 5 N–H and O–H groups in total. The summed E-state index contributed by atoms with van der Waals surface area (Å²) in [6.07, 6.45) is 3.51. The molecular weight excluding hydrogens is 208 g/mol. The number of carbonyl (C=O) groups excluding carboxylic acids is 1. The van der Waals surface area contributed by atoms with Crippen LogP contribution in [0.4, 0.5) is 0 Å². The summed E-state index contributed by atoms with van der Waals surface area (Å²) in [6, 6.07) is 0. The first kappa shape index (κ1) is 12.2. The fraction of sp³-hybridized carbons (Fsp3) is 0.364. The third kappa shape index (κ3) is 2.56. The minimum atomic E-state index is -0.210. The molecule has 0 radical (unpaired) electrons. The molecule has 16 heavy (non-hydrogen) atoms. The monoisotopic (exact) mass is 224 g/mol. The Bertz CT molecular complexity index is 394. The fourth-order valence-electron chi connectivity index (χ4n) is 1.50. The maximum Gasteiger partial charge on any atom is 0.176 e. The Hall–Kier alpha value is -1.91. The van der Waals surface area contributed by atoms with Crippen LogP contribution in [0.25, 0.3) is 0 Å². The van der Waals surface area contributed by atoms with Crippen LogP contribution in [0.5, 0.6) is 0 Å². The molecule has 0 aromatic carbocycles. The molecule has 1 atom stereocenters. The molecule has 1 aliphatic rings. The van der Waals surface area contributed by atoms with Gasteiger partial charge in [0.2, 0.25) is 0 Å². The maximum absolute atomic E-state index is 11.0. The third-order valence-electron chi connectivity index (χ3n) is 2.44. The summed E-state index contributed by atoms with van der Waals surface area (Å²) in [5.41, 5.74) is 6.20. The van der Waals surface area contributed by atoms with Crippen molar-refractivity contribution in [2.75, 3.05) is 7.05 Å². The molecule has 0 aromatic rings. The highest BCUT2D eigenvalue weighted by molar-refractivity contribution is 5.92. The zero-order valence-corrected chi connectivity index (χ0v) is 9.32. The molecule has 0 aromatic heterocycles. The molecular formula is C11H16N2O3. The predicted octanol–water partition coefficient (Wildman–Crippen LogP) is 0.869. The molecule has 88 valence electrons. The second kappa shape index (κ2) is 4.74. The van der Waals surface area contributed by atoms with Gasteiger partial charge >= 0.3 is 0 Å². The van der Waals surface area contributed by atoms with Crippen molar-refractivity contribution >= 4 is 5.78 Å². The molecule has 0 aliphatic heterocycles. The van der Waals surface area contributed by atoms with E-state index in [1.165, 1.54) is 13.0 Å². The zero-order valence-electron chi connectivity index (χ0n) is 9.32. The molecule has 0 amide bonds. The highest BCUT2D eigenvalue weighted by Crippen LogP contribution is 2.25. The molecule has 0 saturated heterocycles. The fourth-order valence-corrected chi connectivity index (χ4v) is 1.50. The Labute approximate surface area is 94.0 Å². The van der Waals surface area contributed by atoms with E-state index in [2.05, 4.69) is 5.32 Å². The Balaban J connectivity index is 2.92. The number of rotatable bonds is 3. The standard InChI is InChI=1S/C11H16N2O3/c1-6(14)8(12)3-7-4-9(13-2)11(16)10(15)5-7/h3,5,7,13,15-16H,4,12H2,1-2H3/b8-3-. The molecule has 0 heterocycles. The van der Waals surface area contributed by atoms with Crippen LogP contribution < -0.4 is 11.1 Å². The number of hydrogen-bond acceptors (Lipinski definition) is 5. The largest absolute Gasteiger partial charge is 0.504 e. The highest BCUT2D eigenvalue weighted by Gasteiger charge is 2.20. The van der Waals surface area contributed by atoms with Gasteiger partial charge in [-0.1, -0.05) is 6.08 Å². The van der Waals surface area contributed by atoms with Crippen molar-refractivity contribution in [1.29, 1.82) is 0 Å². The first-order valence-corrected chi connectivity index (χ1v) is 4.95. The lowest BCUT2D eigenvalue weighted by Gasteiger charge is -2.19. The van der Waals surface area contributed by atoms with Crippen molar-refractivity contribution in [3.8, 4) is 0 Å². The number of allylic oxidation sites excluding steroid dienone is 4. The van der Waals surface area contributed by atoms with E-state index in [-0.39, 0.29) is 28.9 Å². The lowest BCUT2D eigenvalue weighted by molar-refractivity contribution is -0.113. The number of aliphatic hydroxyl groups excluding tert-OH is 2. The van der Waals surface area contributed by atoms with Gasteiger partial charge in [-0.25, -0.2) is 0 Å². The van der Waals surface area contributed by atoms with Crippen LogP contribution in [0, 0.1) is 5.92 Å². The average Bonchev–Trinajstić information content (AvgIpc) is 2.22. The van der Waals surface area contributed by atoms with Gasteiger partial charge in [-0.05, 0) is 6.08 Å². The Morgan fingerprint density at radius 3 is 2.75 bits per heavy atom. The number of nitrogens with one attached hydrogen (secondary N) is 1. The van der Waals surface area contributed by atoms with Crippen molar-refractivity contribution in [2.24, 2.45) is 11.7 Å². The molecule has 5 heteroatoms. The number of carbonyl (C=O) groups is 1.